The van der Waals surface area contributed by atoms with Crippen molar-refractivity contribution in [2.24, 2.45) is 0 Å². The minimum absolute atomic E-state index is 0.0197. The molecule has 0 aliphatic carbocycles. The van der Waals surface area contributed by atoms with Gasteiger partial charge < -0.3 is 4.90 Å². The molecule has 1 aromatic heterocycles. The quantitative estimate of drug-likeness (QED) is 0.610. The highest BCUT2D eigenvalue weighted by atomic mass is 32.2. The maximum absolute atomic E-state index is 12.9. The van der Waals surface area contributed by atoms with Crippen molar-refractivity contribution in [1.82, 2.24) is 19.1 Å². The van der Waals surface area contributed by atoms with Crippen molar-refractivity contribution in [1.29, 1.82) is 0 Å². The van der Waals surface area contributed by atoms with E-state index in [1.807, 2.05) is 23.1 Å². The Morgan fingerprint density at radius 3 is 2.21 bits per heavy atom. The van der Waals surface area contributed by atoms with Crippen LogP contribution in [0.25, 0.3) is 6.08 Å². The van der Waals surface area contributed by atoms with Gasteiger partial charge >= 0.3 is 0 Å². The zero-order valence-corrected chi connectivity index (χ0v) is 19.8. The van der Waals surface area contributed by atoms with E-state index in [0.29, 0.717) is 31.1 Å². The van der Waals surface area contributed by atoms with Crippen LogP contribution in [0.15, 0.2) is 59.6 Å². The van der Waals surface area contributed by atoms with Crippen molar-refractivity contribution in [3.63, 3.8) is 0 Å². The maximum atomic E-state index is 12.9. The van der Waals surface area contributed by atoms with Gasteiger partial charge in [0.25, 0.3) is 0 Å². The Labute approximate surface area is 196 Å². The average Bonchev–Trinajstić information content (AvgIpc) is 3.14. The van der Waals surface area contributed by atoms with E-state index < -0.39 is 10.0 Å². The van der Waals surface area contributed by atoms with E-state index in [-0.39, 0.29) is 5.91 Å². The summed E-state index contributed by atoms with van der Waals surface area (Å²) in [6.45, 7) is 4.98. The number of rotatable bonds is 6. The lowest BCUT2D eigenvalue weighted by Crippen LogP contribution is -2.47. The molecule has 2 aromatic rings. The molecular weight excluding hydrogens is 436 g/mol. The van der Waals surface area contributed by atoms with Crippen LogP contribution >= 0.6 is 0 Å². The van der Waals surface area contributed by atoms with Gasteiger partial charge in [0.15, 0.2) is 0 Å². The summed E-state index contributed by atoms with van der Waals surface area (Å²) < 4.78 is 27.4. The molecule has 4 rings (SSSR count). The summed E-state index contributed by atoms with van der Waals surface area (Å²) in [4.78, 5) is 21.4. The summed E-state index contributed by atoms with van der Waals surface area (Å²) in [6, 6.07) is 12.7. The van der Waals surface area contributed by atoms with Gasteiger partial charge in [-0.3, -0.25) is 14.7 Å². The smallest absolute Gasteiger partial charge is 0.246 e. The standard InChI is InChI=1S/C25H32N4O3S/c30-25(28-19-17-27(18-20-28)21-23-7-3-4-14-26-23)13-10-22-8-11-24(12-9-22)33(31,32)29-15-5-1-2-6-16-29/h3-4,7-14H,1-2,5-6,15-21H2/b13-10+. The lowest BCUT2D eigenvalue weighted by Gasteiger charge is -2.34. The largest absolute Gasteiger partial charge is 0.337 e. The molecule has 0 unspecified atom stereocenters. The fraction of sp³-hybridized carbons (Fsp3) is 0.440. The number of hydrogen-bond donors (Lipinski definition) is 0. The second kappa shape index (κ2) is 11.0. The molecule has 0 radical (unpaired) electrons. The molecule has 33 heavy (non-hydrogen) atoms. The topological polar surface area (TPSA) is 73.8 Å². The molecule has 2 saturated heterocycles. The summed E-state index contributed by atoms with van der Waals surface area (Å²) in [5.74, 6) is -0.0197. The molecule has 0 N–H and O–H groups in total. The summed E-state index contributed by atoms with van der Waals surface area (Å²) in [5, 5.41) is 0. The third kappa shape index (κ3) is 6.28. The Balaban J connectivity index is 1.29. The van der Waals surface area contributed by atoms with Gasteiger partial charge in [-0.25, -0.2) is 8.42 Å². The Kier molecular flexibility index (Phi) is 7.90. The van der Waals surface area contributed by atoms with Gasteiger partial charge in [0.05, 0.1) is 10.6 Å². The van der Waals surface area contributed by atoms with E-state index in [9.17, 15) is 13.2 Å². The number of pyridine rings is 1. The van der Waals surface area contributed by atoms with E-state index in [0.717, 1.165) is 56.6 Å². The predicted octanol–water partition coefficient (Wildman–Crippen LogP) is 3.00. The highest BCUT2D eigenvalue weighted by Gasteiger charge is 2.25. The van der Waals surface area contributed by atoms with Crippen LogP contribution in [0.4, 0.5) is 0 Å². The first-order chi connectivity index (χ1) is 16.0. The number of benzene rings is 1. The monoisotopic (exact) mass is 468 g/mol. The first-order valence-electron chi connectivity index (χ1n) is 11.7. The van der Waals surface area contributed by atoms with Crippen molar-refractivity contribution >= 4 is 22.0 Å². The molecule has 2 aliphatic rings. The van der Waals surface area contributed by atoms with Gasteiger partial charge in [-0.05, 0) is 48.7 Å². The summed E-state index contributed by atoms with van der Waals surface area (Å²) in [5.41, 5.74) is 1.85. The fourth-order valence-electron chi connectivity index (χ4n) is 4.30. The third-order valence-corrected chi connectivity index (χ3v) is 8.21. The Hall–Kier alpha value is -2.55. The molecule has 1 aromatic carbocycles. The number of hydrogen-bond acceptors (Lipinski definition) is 5. The van der Waals surface area contributed by atoms with Gasteiger partial charge in [0, 0.05) is 58.1 Å². The Morgan fingerprint density at radius 1 is 0.879 bits per heavy atom. The summed E-state index contributed by atoms with van der Waals surface area (Å²) in [7, 11) is -3.45. The van der Waals surface area contributed by atoms with Crippen LogP contribution in [0.5, 0.6) is 0 Å². The van der Waals surface area contributed by atoms with E-state index in [2.05, 4.69) is 9.88 Å². The van der Waals surface area contributed by atoms with Crippen molar-refractivity contribution in [3.05, 3.63) is 66.0 Å². The molecule has 2 aliphatic heterocycles. The highest BCUT2D eigenvalue weighted by Crippen LogP contribution is 2.21. The second-order valence-corrected chi connectivity index (χ2v) is 10.6. The number of sulfonamides is 1. The highest BCUT2D eigenvalue weighted by molar-refractivity contribution is 7.89. The van der Waals surface area contributed by atoms with Gasteiger partial charge in [-0.15, -0.1) is 0 Å². The van der Waals surface area contributed by atoms with E-state index in [1.165, 1.54) is 0 Å². The SMILES string of the molecule is O=C(/C=C/c1ccc(S(=O)(=O)N2CCCCCC2)cc1)N1CCN(Cc2ccccn2)CC1. The molecule has 0 saturated carbocycles. The number of amides is 1. The summed E-state index contributed by atoms with van der Waals surface area (Å²) in [6.07, 6.45) is 9.14. The minimum Gasteiger partial charge on any atom is -0.337 e. The van der Waals surface area contributed by atoms with Crippen molar-refractivity contribution in [2.75, 3.05) is 39.3 Å². The van der Waals surface area contributed by atoms with Crippen LogP contribution in [-0.4, -0.2) is 72.7 Å². The molecule has 1 amide bonds. The molecule has 176 valence electrons. The van der Waals surface area contributed by atoms with Crippen LogP contribution in [0, 0.1) is 0 Å². The van der Waals surface area contributed by atoms with Crippen LogP contribution < -0.4 is 0 Å². The molecule has 3 heterocycles. The van der Waals surface area contributed by atoms with E-state index in [4.69, 9.17) is 0 Å². The predicted molar refractivity (Wildman–Crippen MR) is 129 cm³/mol. The fourth-order valence-corrected chi connectivity index (χ4v) is 5.82. The molecule has 0 spiro atoms. The molecule has 0 bridgehead atoms. The number of piperazine rings is 1. The normalized spacial score (nSPS) is 19.0. The number of carbonyl (C=O) groups is 1. The first kappa shape index (κ1) is 23.6. The Bertz CT molecular complexity index is 1040. The molecule has 7 nitrogen and oxygen atoms in total. The maximum Gasteiger partial charge on any atom is 0.246 e. The van der Waals surface area contributed by atoms with Gasteiger partial charge in [0.2, 0.25) is 15.9 Å². The number of nitrogens with zero attached hydrogens (tertiary/aromatic N) is 4. The minimum atomic E-state index is -3.45. The molecule has 2 fully saturated rings. The van der Waals surface area contributed by atoms with Crippen molar-refractivity contribution < 1.29 is 13.2 Å². The van der Waals surface area contributed by atoms with Gasteiger partial charge in [-0.1, -0.05) is 31.0 Å². The van der Waals surface area contributed by atoms with E-state index >= 15 is 0 Å². The second-order valence-electron chi connectivity index (χ2n) is 8.64. The van der Waals surface area contributed by atoms with Gasteiger partial charge in [0.1, 0.15) is 0 Å². The molecular formula is C25H32N4O3S. The van der Waals surface area contributed by atoms with Crippen LogP contribution in [-0.2, 0) is 21.4 Å². The summed E-state index contributed by atoms with van der Waals surface area (Å²) >= 11 is 0. The molecule has 8 heteroatoms. The third-order valence-electron chi connectivity index (χ3n) is 6.30. The van der Waals surface area contributed by atoms with Gasteiger partial charge in [-0.2, -0.15) is 4.31 Å². The first-order valence-corrected chi connectivity index (χ1v) is 13.2. The lowest BCUT2D eigenvalue weighted by atomic mass is 10.2. The average molecular weight is 469 g/mol. The van der Waals surface area contributed by atoms with Crippen LogP contribution in [0.2, 0.25) is 0 Å². The van der Waals surface area contributed by atoms with E-state index in [1.54, 1.807) is 46.9 Å². The number of carbonyl (C=O) groups excluding carboxylic acids is 1. The van der Waals surface area contributed by atoms with Crippen LogP contribution in [0.1, 0.15) is 36.9 Å². The number of aromatic nitrogens is 1. The van der Waals surface area contributed by atoms with Crippen molar-refractivity contribution in [3.8, 4) is 0 Å². The lowest BCUT2D eigenvalue weighted by molar-refractivity contribution is -0.127. The zero-order valence-electron chi connectivity index (χ0n) is 19.0. The van der Waals surface area contributed by atoms with Crippen molar-refractivity contribution in [2.45, 2.75) is 37.1 Å². The zero-order chi connectivity index (χ0) is 23.1. The Morgan fingerprint density at radius 2 is 1.58 bits per heavy atom. The van der Waals surface area contributed by atoms with Crippen LogP contribution in [0.3, 0.4) is 0 Å². The molecule has 0 atom stereocenters.